The van der Waals surface area contributed by atoms with Gasteiger partial charge in [-0.1, -0.05) is 19.1 Å². The van der Waals surface area contributed by atoms with Crippen LogP contribution in [0, 0.1) is 16.3 Å². The van der Waals surface area contributed by atoms with E-state index < -0.39 is 11.6 Å². The average Bonchev–Trinajstić information content (AvgIpc) is 2.26. The summed E-state index contributed by atoms with van der Waals surface area (Å²) >= 11 is 5.00. The van der Waals surface area contributed by atoms with Gasteiger partial charge in [0.2, 0.25) is 0 Å². The molecule has 1 aromatic heterocycles. The van der Waals surface area contributed by atoms with Gasteiger partial charge in [0.1, 0.15) is 22.1 Å². The molecule has 0 amide bonds. The van der Waals surface area contributed by atoms with Crippen molar-refractivity contribution in [2.24, 2.45) is 0 Å². The summed E-state index contributed by atoms with van der Waals surface area (Å²) in [4.78, 5) is 7.09. The molecule has 0 aliphatic carbocycles. The Morgan fingerprint density at radius 2 is 1.82 bits per heavy atom. The first-order valence-electron chi connectivity index (χ1n) is 5.15. The summed E-state index contributed by atoms with van der Waals surface area (Å²) in [6.07, 6.45) is 0.676. The van der Waals surface area contributed by atoms with Crippen molar-refractivity contribution in [3.8, 4) is 11.3 Å². The van der Waals surface area contributed by atoms with Crippen LogP contribution in [-0.4, -0.2) is 9.97 Å². The van der Waals surface area contributed by atoms with Gasteiger partial charge in [-0.3, -0.25) is 0 Å². The molecule has 5 heteroatoms. The maximum absolute atomic E-state index is 13.1. The molecule has 0 atom stereocenters. The Morgan fingerprint density at radius 1 is 1.18 bits per heavy atom. The Labute approximate surface area is 102 Å². The molecular formula is C12H10F2N2S. The highest BCUT2D eigenvalue weighted by Gasteiger charge is 2.05. The SMILES string of the molecule is CCc1nc(=S)cc(-c2cc(F)cc(F)c2)[nH]1. The Bertz CT molecular complexity index is 587. The Hall–Kier alpha value is -1.62. The van der Waals surface area contributed by atoms with E-state index in [4.69, 9.17) is 12.2 Å². The van der Waals surface area contributed by atoms with Gasteiger partial charge < -0.3 is 4.98 Å². The van der Waals surface area contributed by atoms with Gasteiger partial charge in [0.25, 0.3) is 0 Å². The maximum Gasteiger partial charge on any atom is 0.130 e. The van der Waals surface area contributed by atoms with E-state index in [1.807, 2.05) is 6.92 Å². The largest absolute Gasteiger partial charge is 0.343 e. The molecule has 0 aliphatic rings. The molecule has 17 heavy (non-hydrogen) atoms. The van der Waals surface area contributed by atoms with E-state index in [-0.39, 0.29) is 0 Å². The highest BCUT2D eigenvalue weighted by atomic mass is 32.1. The van der Waals surface area contributed by atoms with Crippen LogP contribution in [0.5, 0.6) is 0 Å². The van der Waals surface area contributed by atoms with Crippen LogP contribution in [0.15, 0.2) is 24.3 Å². The van der Waals surface area contributed by atoms with Crippen molar-refractivity contribution in [1.29, 1.82) is 0 Å². The summed E-state index contributed by atoms with van der Waals surface area (Å²) in [5, 5.41) is 0. The molecule has 88 valence electrons. The van der Waals surface area contributed by atoms with Crippen LogP contribution in [0.3, 0.4) is 0 Å². The van der Waals surface area contributed by atoms with Gasteiger partial charge in [0, 0.05) is 23.7 Å². The van der Waals surface area contributed by atoms with Gasteiger partial charge in [-0.15, -0.1) is 0 Å². The van der Waals surface area contributed by atoms with Crippen molar-refractivity contribution in [1.82, 2.24) is 9.97 Å². The average molecular weight is 252 g/mol. The first-order valence-corrected chi connectivity index (χ1v) is 5.56. The summed E-state index contributed by atoms with van der Waals surface area (Å²) in [6.45, 7) is 1.92. The molecule has 2 rings (SSSR count). The van der Waals surface area contributed by atoms with Gasteiger partial charge in [0.05, 0.1) is 0 Å². The summed E-state index contributed by atoms with van der Waals surface area (Å²) in [6, 6.07) is 4.93. The van der Waals surface area contributed by atoms with Crippen molar-refractivity contribution in [3.05, 3.63) is 46.4 Å². The Balaban J connectivity index is 2.59. The van der Waals surface area contributed by atoms with Gasteiger partial charge in [-0.05, 0) is 18.2 Å². The maximum atomic E-state index is 13.1. The first-order chi connectivity index (χ1) is 8.08. The fourth-order valence-corrected chi connectivity index (χ4v) is 1.77. The molecule has 1 aromatic carbocycles. The highest BCUT2D eigenvalue weighted by Crippen LogP contribution is 2.19. The quantitative estimate of drug-likeness (QED) is 0.826. The standard InChI is InChI=1S/C12H10F2N2S/c1-2-11-15-10(6-12(17)16-11)7-3-8(13)5-9(14)4-7/h3-6H,2H2,1H3,(H,15,16,17). The molecule has 0 spiro atoms. The number of H-pyrrole nitrogens is 1. The highest BCUT2D eigenvalue weighted by molar-refractivity contribution is 7.71. The van der Waals surface area contributed by atoms with E-state index >= 15 is 0 Å². The number of aromatic nitrogens is 2. The van der Waals surface area contributed by atoms with E-state index in [2.05, 4.69) is 9.97 Å². The fourth-order valence-electron chi connectivity index (χ4n) is 1.54. The number of benzene rings is 1. The zero-order chi connectivity index (χ0) is 12.4. The van der Waals surface area contributed by atoms with E-state index in [1.54, 1.807) is 6.07 Å². The molecule has 0 bridgehead atoms. The second-order valence-electron chi connectivity index (χ2n) is 3.59. The number of rotatable bonds is 2. The molecule has 1 heterocycles. The molecule has 0 fully saturated rings. The van der Waals surface area contributed by atoms with Crippen molar-refractivity contribution >= 4 is 12.2 Å². The molecule has 0 radical (unpaired) electrons. The predicted molar refractivity (Wildman–Crippen MR) is 64.2 cm³/mol. The fraction of sp³-hybridized carbons (Fsp3) is 0.167. The molecule has 2 aromatic rings. The predicted octanol–water partition coefficient (Wildman–Crippen LogP) is 3.65. The van der Waals surface area contributed by atoms with Crippen LogP contribution in [0.25, 0.3) is 11.3 Å². The molecule has 0 saturated heterocycles. The van der Waals surface area contributed by atoms with Crippen LogP contribution in [-0.2, 0) is 6.42 Å². The lowest BCUT2D eigenvalue weighted by Gasteiger charge is -2.05. The van der Waals surface area contributed by atoms with Crippen molar-refractivity contribution in [2.75, 3.05) is 0 Å². The van der Waals surface area contributed by atoms with E-state index in [9.17, 15) is 8.78 Å². The number of halogens is 2. The van der Waals surface area contributed by atoms with Gasteiger partial charge in [0.15, 0.2) is 0 Å². The van der Waals surface area contributed by atoms with Crippen LogP contribution in [0.4, 0.5) is 8.78 Å². The Morgan fingerprint density at radius 3 is 2.41 bits per heavy atom. The number of nitrogens with zero attached hydrogens (tertiary/aromatic N) is 1. The summed E-state index contributed by atoms with van der Waals surface area (Å²) in [5.41, 5.74) is 0.992. The van der Waals surface area contributed by atoms with E-state index in [0.29, 0.717) is 28.1 Å². The van der Waals surface area contributed by atoms with Crippen molar-refractivity contribution < 1.29 is 8.78 Å². The lowest BCUT2D eigenvalue weighted by atomic mass is 10.1. The van der Waals surface area contributed by atoms with Gasteiger partial charge in [-0.25, -0.2) is 13.8 Å². The van der Waals surface area contributed by atoms with Gasteiger partial charge in [-0.2, -0.15) is 0 Å². The monoisotopic (exact) mass is 252 g/mol. The van der Waals surface area contributed by atoms with Crippen molar-refractivity contribution in [3.63, 3.8) is 0 Å². The molecule has 0 saturated carbocycles. The Kier molecular flexibility index (Phi) is 3.28. The number of hydrogen-bond acceptors (Lipinski definition) is 2. The zero-order valence-corrected chi connectivity index (χ0v) is 9.94. The molecule has 2 nitrogen and oxygen atoms in total. The lowest BCUT2D eigenvalue weighted by molar-refractivity contribution is 0.584. The summed E-state index contributed by atoms with van der Waals surface area (Å²) in [7, 11) is 0. The zero-order valence-electron chi connectivity index (χ0n) is 9.13. The van der Waals surface area contributed by atoms with Crippen LogP contribution < -0.4 is 0 Å². The molecule has 0 unspecified atom stereocenters. The third kappa shape index (κ3) is 2.74. The second-order valence-corrected chi connectivity index (χ2v) is 4.01. The van der Waals surface area contributed by atoms with Crippen LogP contribution in [0.2, 0.25) is 0 Å². The smallest absolute Gasteiger partial charge is 0.130 e. The molecule has 1 N–H and O–H groups in total. The van der Waals surface area contributed by atoms with Crippen molar-refractivity contribution in [2.45, 2.75) is 13.3 Å². The molecule has 0 aliphatic heterocycles. The summed E-state index contributed by atoms with van der Waals surface area (Å²) < 4.78 is 26.6. The van der Waals surface area contributed by atoms with Gasteiger partial charge >= 0.3 is 0 Å². The number of aryl methyl sites for hydroxylation is 1. The van der Waals surface area contributed by atoms with E-state index in [1.165, 1.54) is 12.1 Å². The minimum atomic E-state index is -0.617. The normalized spacial score (nSPS) is 10.5. The third-order valence-corrected chi connectivity index (χ3v) is 2.51. The minimum absolute atomic E-state index is 0.403. The van der Waals surface area contributed by atoms with Crippen LogP contribution >= 0.6 is 12.2 Å². The number of hydrogen-bond donors (Lipinski definition) is 1. The topological polar surface area (TPSA) is 28.7 Å². The van der Waals surface area contributed by atoms with E-state index in [0.717, 1.165) is 6.07 Å². The third-order valence-electron chi connectivity index (χ3n) is 2.30. The first kappa shape index (κ1) is 11.9. The second kappa shape index (κ2) is 4.71. The van der Waals surface area contributed by atoms with Crippen LogP contribution in [0.1, 0.15) is 12.7 Å². The minimum Gasteiger partial charge on any atom is -0.343 e. The number of aromatic amines is 1. The number of nitrogens with one attached hydrogen (secondary N) is 1. The molecular weight excluding hydrogens is 242 g/mol. The summed E-state index contributed by atoms with van der Waals surface area (Å²) in [5.74, 6) is -0.541. The lowest BCUT2D eigenvalue weighted by Crippen LogP contribution is -1.96.